The summed E-state index contributed by atoms with van der Waals surface area (Å²) in [6, 6.07) is 15.0. The molecule has 0 saturated heterocycles. The first-order valence-electron chi connectivity index (χ1n) is 14.7. The number of primary amides is 1. The highest BCUT2D eigenvalue weighted by Gasteiger charge is 2.36. The fourth-order valence-electron chi connectivity index (χ4n) is 5.43. The quantitative estimate of drug-likeness (QED) is 0.168. The van der Waals surface area contributed by atoms with Gasteiger partial charge in [-0.1, -0.05) is 48.8 Å². The van der Waals surface area contributed by atoms with E-state index in [1.165, 1.54) is 18.2 Å². The largest absolute Gasteiger partial charge is 0.366 e. The van der Waals surface area contributed by atoms with Gasteiger partial charge in [-0.25, -0.2) is 13.2 Å². The minimum absolute atomic E-state index is 0.171. The molecule has 0 saturated carbocycles. The number of halogens is 3. The summed E-state index contributed by atoms with van der Waals surface area (Å²) in [7, 11) is 0. The van der Waals surface area contributed by atoms with Gasteiger partial charge in [-0.05, 0) is 73.7 Å². The van der Waals surface area contributed by atoms with Gasteiger partial charge < -0.3 is 15.6 Å². The van der Waals surface area contributed by atoms with Crippen molar-refractivity contribution in [1.29, 1.82) is 0 Å². The third-order valence-corrected chi connectivity index (χ3v) is 8.38. The number of benzene rings is 3. The number of pyridine rings is 1. The molecule has 46 heavy (non-hydrogen) atoms. The summed E-state index contributed by atoms with van der Waals surface area (Å²) in [6.07, 6.45) is 0.707. The standard InChI is InChI=1S/C28H26F2N4O3S.C7H7F/c1-12(2)8-20-23(27(31)35)22(24-25(33-20)26(38)13(3)32-28(24)36)15-5-6-16-19(34-37-21(16)11-15)10-14-4-7-17(29)18(30)9-14;1-6-2-4-7(8)5-3-6/h4-7,9,11-13,26,38H,8,10H2,1-3H3,(H2,31,35)(H,32,36);2-5H,1H3. The molecule has 3 N–H and O–H groups in total. The van der Waals surface area contributed by atoms with Crippen molar-refractivity contribution >= 4 is 35.4 Å². The summed E-state index contributed by atoms with van der Waals surface area (Å²) < 4.78 is 44.7. The van der Waals surface area contributed by atoms with Crippen LogP contribution < -0.4 is 11.1 Å². The van der Waals surface area contributed by atoms with E-state index in [9.17, 15) is 22.8 Å². The highest BCUT2D eigenvalue weighted by molar-refractivity contribution is 7.80. The second-order valence-corrected chi connectivity index (χ2v) is 12.4. The molecule has 7 nitrogen and oxygen atoms in total. The minimum atomic E-state index is -0.939. The molecule has 0 spiro atoms. The first-order chi connectivity index (χ1) is 21.8. The van der Waals surface area contributed by atoms with Crippen LogP contribution in [0.3, 0.4) is 0 Å². The molecule has 2 amide bonds. The van der Waals surface area contributed by atoms with Crippen molar-refractivity contribution in [1.82, 2.24) is 15.5 Å². The van der Waals surface area contributed by atoms with Crippen LogP contribution in [0.1, 0.15) is 74.9 Å². The lowest BCUT2D eigenvalue weighted by Crippen LogP contribution is -2.42. The van der Waals surface area contributed by atoms with Crippen LogP contribution in [-0.2, 0) is 12.8 Å². The average molecular weight is 647 g/mol. The van der Waals surface area contributed by atoms with Gasteiger partial charge in [-0.15, -0.1) is 0 Å². The molecule has 5 aromatic rings. The molecule has 0 bridgehead atoms. The first-order valence-corrected chi connectivity index (χ1v) is 15.3. The van der Waals surface area contributed by atoms with Crippen LogP contribution in [0.15, 0.2) is 65.2 Å². The molecule has 3 heterocycles. The van der Waals surface area contributed by atoms with E-state index in [4.69, 9.17) is 27.9 Å². The average Bonchev–Trinajstić information content (AvgIpc) is 3.40. The highest BCUT2D eigenvalue weighted by atomic mass is 32.1. The van der Waals surface area contributed by atoms with Crippen molar-refractivity contribution in [3.8, 4) is 11.1 Å². The van der Waals surface area contributed by atoms with E-state index in [2.05, 4.69) is 10.5 Å². The Balaban J connectivity index is 0.000000455. The maximum absolute atomic E-state index is 13.7. The summed E-state index contributed by atoms with van der Waals surface area (Å²) in [5.41, 5.74) is 10.8. The molecule has 238 valence electrons. The minimum Gasteiger partial charge on any atom is -0.366 e. The van der Waals surface area contributed by atoms with Crippen molar-refractivity contribution in [3.63, 3.8) is 0 Å². The van der Waals surface area contributed by atoms with Crippen LogP contribution >= 0.6 is 12.6 Å². The number of nitrogens with two attached hydrogens (primary N) is 1. The Labute approximate surface area is 269 Å². The van der Waals surface area contributed by atoms with E-state index < -0.39 is 17.5 Å². The van der Waals surface area contributed by atoms with Gasteiger partial charge in [0.15, 0.2) is 17.2 Å². The number of nitrogens with one attached hydrogen (secondary N) is 1. The Morgan fingerprint density at radius 1 is 1.00 bits per heavy atom. The zero-order chi connectivity index (χ0) is 33.3. The van der Waals surface area contributed by atoms with E-state index in [0.717, 1.165) is 17.7 Å². The summed E-state index contributed by atoms with van der Waals surface area (Å²) in [6.45, 7) is 7.79. The van der Waals surface area contributed by atoms with Crippen LogP contribution in [0.25, 0.3) is 22.1 Å². The topological polar surface area (TPSA) is 111 Å². The molecule has 2 atom stereocenters. The van der Waals surface area contributed by atoms with Gasteiger partial charge >= 0.3 is 0 Å². The second kappa shape index (κ2) is 13.4. The van der Waals surface area contributed by atoms with Crippen molar-refractivity contribution in [3.05, 3.63) is 117 Å². The smallest absolute Gasteiger partial charge is 0.254 e. The monoisotopic (exact) mass is 646 g/mol. The number of rotatable bonds is 6. The van der Waals surface area contributed by atoms with Crippen molar-refractivity contribution in [2.24, 2.45) is 11.7 Å². The number of nitrogens with zero attached hydrogens (tertiary/aromatic N) is 2. The molecular formula is C35H33F3N4O3S. The molecule has 0 aliphatic carbocycles. The number of amides is 2. The number of carbonyl (C=O) groups is 2. The summed E-state index contributed by atoms with van der Waals surface area (Å²) in [5.74, 6) is -2.91. The molecule has 1 aliphatic rings. The molecule has 3 aromatic carbocycles. The number of aromatic nitrogens is 2. The second-order valence-electron chi connectivity index (χ2n) is 11.8. The van der Waals surface area contributed by atoms with Crippen LogP contribution in [0.2, 0.25) is 0 Å². The number of hydrogen-bond donors (Lipinski definition) is 3. The number of aryl methyl sites for hydroxylation is 1. The van der Waals surface area contributed by atoms with E-state index >= 15 is 0 Å². The first kappa shape index (κ1) is 32.7. The Bertz CT molecular complexity index is 1920. The Hall–Kier alpha value is -4.64. The summed E-state index contributed by atoms with van der Waals surface area (Å²) in [4.78, 5) is 30.8. The van der Waals surface area contributed by atoms with Gasteiger partial charge in [0.05, 0.1) is 33.5 Å². The SMILES string of the molecule is CC(C)Cc1nc2c(c(-c3ccc4c(Cc5ccc(F)c(F)c5)noc4c3)c1C(N)=O)C(=O)NC(C)C2S.Cc1ccc(F)cc1. The fourth-order valence-corrected chi connectivity index (χ4v) is 5.69. The van der Waals surface area contributed by atoms with Gasteiger partial charge in [-0.2, -0.15) is 12.6 Å². The lowest BCUT2D eigenvalue weighted by Gasteiger charge is -2.31. The highest BCUT2D eigenvalue weighted by Crippen LogP contribution is 2.40. The van der Waals surface area contributed by atoms with Gasteiger partial charge in [0.25, 0.3) is 11.8 Å². The number of hydrogen-bond acceptors (Lipinski definition) is 6. The molecule has 6 rings (SSSR count). The maximum Gasteiger partial charge on any atom is 0.254 e. The fraction of sp³-hybridized carbons (Fsp3) is 0.257. The molecule has 2 aromatic heterocycles. The van der Waals surface area contributed by atoms with Crippen LogP contribution in [-0.4, -0.2) is 28.0 Å². The number of fused-ring (bicyclic) bond motifs is 2. The van der Waals surface area contributed by atoms with Crippen LogP contribution in [0.4, 0.5) is 13.2 Å². The van der Waals surface area contributed by atoms with Crippen molar-refractivity contribution in [2.75, 3.05) is 0 Å². The Kier molecular flexibility index (Phi) is 9.52. The molecule has 0 fully saturated rings. The van der Waals surface area contributed by atoms with Crippen molar-refractivity contribution < 1.29 is 27.3 Å². The molecule has 11 heteroatoms. The lowest BCUT2D eigenvalue weighted by atomic mass is 9.86. The molecule has 0 radical (unpaired) electrons. The lowest BCUT2D eigenvalue weighted by molar-refractivity contribution is 0.0928. The normalized spacial score (nSPS) is 15.7. The van der Waals surface area contributed by atoms with E-state index in [1.54, 1.807) is 30.3 Å². The van der Waals surface area contributed by atoms with E-state index in [1.807, 2.05) is 27.7 Å². The Morgan fingerprint density at radius 3 is 2.35 bits per heavy atom. The zero-order valence-electron chi connectivity index (χ0n) is 25.7. The van der Waals surface area contributed by atoms with Gasteiger partial charge in [0, 0.05) is 23.4 Å². The molecule has 1 aliphatic heterocycles. The maximum atomic E-state index is 13.7. The zero-order valence-corrected chi connectivity index (χ0v) is 26.6. The van der Waals surface area contributed by atoms with Gasteiger partial charge in [-0.3, -0.25) is 14.6 Å². The van der Waals surface area contributed by atoms with Crippen LogP contribution in [0.5, 0.6) is 0 Å². The molecular weight excluding hydrogens is 613 g/mol. The summed E-state index contributed by atoms with van der Waals surface area (Å²) in [5, 5.41) is 7.31. The predicted molar refractivity (Wildman–Crippen MR) is 173 cm³/mol. The van der Waals surface area contributed by atoms with Crippen LogP contribution in [0, 0.1) is 30.3 Å². The summed E-state index contributed by atoms with van der Waals surface area (Å²) >= 11 is 4.71. The van der Waals surface area contributed by atoms with E-state index in [-0.39, 0.29) is 46.5 Å². The number of carbonyl (C=O) groups excluding carboxylic acids is 2. The third-order valence-electron chi connectivity index (χ3n) is 7.69. The molecule has 2 unspecified atom stereocenters. The van der Waals surface area contributed by atoms with Gasteiger partial charge in [0.2, 0.25) is 0 Å². The predicted octanol–water partition coefficient (Wildman–Crippen LogP) is 7.29. The van der Waals surface area contributed by atoms with Gasteiger partial charge in [0.1, 0.15) is 5.82 Å². The Morgan fingerprint density at radius 2 is 1.72 bits per heavy atom. The third kappa shape index (κ3) is 6.79. The van der Waals surface area contributed by atoms with E-state index in [0.29, 0.717) is 51.2 Å². The van der Waals surface area contributed by atoms with Crippen molar-refractivity contribution in [2.45, 2.75) is 51.8 Å². The number of thiol groups is 1.